The fraction of sp³-hybridized carbons (Fsp3) is 0.176. The van der Waals surface area contributed by atoms with E-state index in [1.165, 1.54) is 5.56 Å². The van der Waals surface area contributed by atoms with Crippen molar-refractivity contribution in [2.75, 3.05) is 0 Å². The molecule has 0 amide bonds. The van der Waals surface area contributed by atoms with Crippen LogP contribution < -0.4 is 5.73 Å². The maximum atomic E-state index is 6.20. The van der Waals surface area contributed by atoms with Crippen molar-refractivity contribution in [2.45, 2.75) is 18.9 Å². The van der Waals surface area contributed by atoms with Gasteiger partial charge in [-0.1, -0.05) is 60.7 Å². The molecule has 0 radical (unpaired) electrons. The Kier molecular flexibility index (Phi) is 4.07. The number of nitrogens with two attached hydrogens (primary N) is 1. The lowest BCUT2D eigenvalue weighted by molar-refractivity contribution is 0.615. The first-order valence-electron chi connectivity index (χ1n) is 7.10. The van der Waals surface area contributed by atoms with Gasteiger partial charge in [-0.2, -0.15) is 5.10 Å². The predicted molar refractivity (Wildman–Crippen MR) is 83.5 cm³/mol. The van der Waals surface area contributed by atoms with Crippen molar-refractivity contribution in [3.63, 3.8) is 0 Å². The molecule has 0 aliphatic rings. The van der Waals surface area contributed by atoms with Crippen LogP contribution >= 0.6 is 0 Å². The van der Waals surface area contributed by atoms with E-state index in [1.807, 2.05) is 48.5 Å². The van der Waals surface area contributed by atoms with Gasteiger partial charge in [0.2, 0.25) is 0 Å². The molecule has 106 valence electrons. The summed E-state index contributed by atoms with van der Waals surface area (Å²) in [6.07, 6.45) is 1.77. The molecule has 4 nitrogen and oxygen atoms in total. The summed E-state index contributed by atoms with van der Waals surface area (Å²) < 4.78 is 0. The summed E-state index contributed by atoms with van der Waals surface area (Å²) in [5, 5.41) is 7.20. The van der Waals surface area contributed by atoms with Crippen molar-refractivity contribution < 1.29 is 0 Å². The molecular formula is C17H18N4. The average molecular weight is 278 g/mol. The summed E-state index contributed by atoms with van der Waals surface area (Å²) in [5.74, 6) is 1.44. The largest absolute Gasteiger partial charge is 0.321 e. The van der Waals surface area contributed by atoms with Gasteiger partial charge in [0.05, 0.1) is 6.04 Å². The maximum absolute atomic E-state index is 6.20. The van der Waals surface area contributed by atoms with Gasteiger partial charge in [-0.3, -0.25) is 5.10 Å². The van der Waals surface area contributed by atoms with Crippen molar-refractivity contribution >= 4 is 0 Å². The zero-order chi connectivity index (χ0) is 14.5. The van der Waals surface area contributed by atoms with Crippen LogP contribution in [0.2, 0.25) is 0 Å². The highest BCUT2D eigenvalue weighted by atomic mass is 15.2. The van der Waals surface area contributed by atoms with Gasteiger partial charge >= 0.3 is 0 Å². The summed E-state index contributed by atoms with van der Waals surface area (Å²) in [6, 6.07) is 20.1. The monoisotopic (exact) mass is 278 g/mol. The standard InChI is InChI=1S/C17H18N4/c18-15(12-11-13-7-3-1-4-8-13)17-19-16(20-21-17)14-9-5-2-6-10-14/h1-10,15H,11-12,18H2,(H,19,20,21). The second-order valence-corrected chi connectivity index (χ2v) is 5.04. The molecule has 0 saturated carbocycles. The van der Waals surface area contributed by atoms with E-state index in [0.717, 1.165) is 24.2 Å². The number of nitrogens with one attached hydrogen (secondary N) is 1. The quantitative estimate of drug-likeness (QED) is 0.753. The van der Waals surface area contributed by atoms with Crippen LogP contribution in [0, 0.1) is 0 Å². The Bertz CT molecular complexity index is 676. The summed E-state index contributed by atoms with van der Waals surface area (Å²) >= 11 is 0. The highest BCUT2D eigenvalue weighted by molar-refractivity contribution is 5.53. The number of hydrogen-bond donors (Lipinski definition) is 2. The number of aromatic amines is 1. The Morgan fingerprint density at radius 1 is 0.952 bits per heavy atom. The number of benzene rings is 2. The van der Waals surface area contributed by atoms with Crippen LogP contribution in [0.5, 0.6) is 0 Å². The maximum Gasteiger partial charge on any atom is 0.181 e. The third-order valence-electron chi connectivity index (χ3n) is 3.47. The SMILES string of the molecule is NC(CCc1ccccc1)c1nc(-c2ccccc2)n[nH]1. The van der Waals surface area contributed by atoms with Crippen LogP contribution in [0.1, 0.15) is 23.9 Å². The molecule has 1 atom stereocenters. The van der Waals surface area contributed by atoms with E-state index < -0.39 is 0 Å². The van der Waals surface area contributed by atoms with Gasteiger partial charge < -0.3 is 5.73 Å². The van der Waals surface area contributed by atoms with Crippen molar-refractivity contribution in [1.29, 1.82) is 0 Å². The number of H-pyrrole nitrogens is 1. The minimum absolute atomic E-state index is 0.129. The third kappa shape index (κ3) is 3.35. The van der Waals surface area contributed by atoms with Crippen LogP contribution in [0.3, 0.4) is 0 Å². The summed E-state index contributed by atoms with van der Waals surface area (Å²) in [5.41, 5.74) is 8.48. The average Bonchev–Trinajstić information content (AvgIpc) is 3.04. The molecule has 4 heteroatoms. The molecule has 1 aromatic heterocycles. The minimum atomic E-state index is -0.129. The molecule has 1 heterocycles. The van der Waals surface area contributed by atoms with E-state index in [4.69, 9.17) is 5.73 Å². The van der Waals surface area contributed by atoms with E-state index in [2.05, 4.69) is 27.3 Å². The molecule has 0 spiro atoms. The van der Waals surface area contributed by atoms with Crippen LogP contribution in [0.4, 0.5) is 0 Å². The topological polar surface area (TPSA) is 67.6 Å². The Morgan fingerprint density at radius 2 is 1.62 bits per heavy atom. The van der Waals surface area contributed by atoms with Gasteiger partial charge in [0, 0.05) is 5.56 Å². The van der Waals surface area contributed by atoms with E-state index >= 15 is 0 Å². The lowest BCUT2D eigenvalue weighted by atomic mass is 10.1. The third-order valence-corrected chi connectivity index (χ3v) is 3.47. The lowest BCUT2D eigenvalue weighted by Gasteiger charge is -2.07. The van der Waals surface area contributed by atoms with E-state index in [1.54, 1.807) is 0 Å². The number of hydrogen-bond acceptors (Lipinski definition) is 3. The van der Waals surface area contributed by atoms with Crippen molar-refractivity contribution in [3.05, 3.63) is 72.1 Å². The van der Waals surface area contributed by atoms with Gasteiger partial charge in [-0.25, -0.2) is 4.98 Å². The van der Waals surface area contributed by atoms with Crippen LogP contribution in [-0.2, 0) is 6.42 Å². The van der Waals surface area contributed by atoms with Crippen LogP contribution in [0.15, 0.2) is 60.7 Å². The molecule has 2 aromatic carbocycles. The summed E-state index contributed by atoms with van der Waals surface area (Å²) in [7, 11) is 0. The van der Waals surface area contributed by atoms with E-state index in [-0.39, 0.29) is 6.04 Å². The molecule has 0 aliphatic heterocycles. The fourth-order valence-electron chi connectivity index (χ4n) is 2.26. The van der Waals surface area contributed by atoms with Gasteiger partial charge in [0.15, 0.2) is 5.82 Å². The fourth-order valence-corrected chi connectivity index (χ4v) is 2.26. The second-order valence-electron chi connectivity index (χ2n) is 5.04. The predicted octanol–water partition coefficient (Wildman–Crippen LogP) is 3.10. The van der Waals surface area contributed by atoms with Crippen molar-refractivity contribution in [3.8, 4) is 11.4 Å². The first kappa shape index (κ1) is 13.5. The highest BCUT2D eigenvalue weighted by Gasteiger charge is 2.12. The molecule has 0 aliphatic carbocycles. The Morgan fingerprint density at radius 3 is 2.33 bits per heavy atom. The summed E-state index contributed by atoms with van der Waals surface area (Å²) in [6.45, 7) is 0. The van der Waals surface area contributed by atoms with E-state index in [9.17, 15) is 0 Å². The van der Waals surface area contributed by atoms with Gasteiger partial charge in [0.25, 0.3) is 0 Å². The molecule has 3 N–H and O–H groups in total. The first-order valence-corrected chi connectivity index (χ1v) is 7.10. The number of aryl methyl sites for hydroxylation is 1. The van der Waals surface area contributed by atoms with Crippen LogP contribution in [-0.4, -0.2) is 15.2 Å². The van der Waals surface area contributed by atoms with E-state index in [0.29, 0.717) is 5.82 Å². The molecule has 0 bridgehead atoms. The molecule has 0 fully saturated rings. The van der Waals surface area contributed by atoms with Gasteiger partial charge in [-0.05, 0) is 18.4 Å². The van der Waals surface area contributed by atoms with Crippen molar-refractivity contribution in [2.24, 2.45) is 5.73 Å². The van der Waals surface area contributed by atoms with Gasteiger partial charge in [0.1, 0.15) is 5.82 Å². The van der Waals surface area contributed by atoms with Gasteiger partial charge in [-0.15, -0.1) is 0 Å². The number of nitrogens with zero attached hydrogens (tertiary/aromatic N) is 2. The molecule has 1 unspecified atom stereocenters. The lowest BCUT2D eigenvalue weighted by Crippen LogP contribution is -2.13. The Balaban J connectivity index is 1.66. The molecule has 3 rings (SSSR count). The zero-order valence-electron chi connectivity index (χ0n) is 11.7. The van der Waals surface area contributed by atoms with Crippen LogP contribution in [0.25, 0.3) is 11.4 Å². The Labute approximate surface area is 124 Å². The molecule has 3 aromatic rings. The molecule has 0 saturated heterocycles. The molecule has 21 heavy (non-hydrogen) atoms. The normalized spacial score (nSPS) is 12.2. The minimum Gasteiger partial charge on any atom is -0.321 e. The Hall–Kier alpha value is -2.46. The highest BCUT2D eigenvalue weighted by Crippen LogP contribution is 2.18. The smallest absolute Gasteiger partial charge is 0.181 e. The van der Waals surface area contributed by atoms with Crippen molar-refractivity contribution in [1.82, 2.24) is 15.2 Å². The zero-order valence-corrected chi connectivity index (χ0v) is 11.7. The molecular weight excluding hydrogens is 260 g/mol. The first-order chi connectivity index (χ1) is 10.3. The number of aromatic nitrogens is 3. The number of rotatable bonds is 5. The summed E-state index contributed by atoms with van der Waals surface area (Å²) in [4.78, 5) is 4.50. The second kappa shape index (κ2) is 6.33.